The van der Waals surface area contributed by atoms with E-state index in [0.29, 0.717) is 9.99 Å². The Morgan fingerprint density at radius 3 is 3.00 bits per heavy atom. The zero-order valence-corrected chi connectivity index (χ0v) is 8.08. The first-order valence-electron chi connectivity index (χ1n) is 3.17. The molecule has 1 aromatic heterocycles. The number of benzene rings is 1. The summed E-state index contributed by atoms with van der Waals surface area (Å²) in [6.45, 7) is 0. The molecule has 0 fully saturated rings. The summed E-state index contributed by atoms with van der Waals surface area (Å²) in [6, 6.07) is 3.20. The second-order valence-corrected chi connectivity index (χ2v) is 3.50. The maximum atomic E-state index is 13.2. The summed E-state index contributed by atoms with van der Waals surface area (Å²) in [6.07, 6.45) is 0. The summed E-state index contributed by atoms with van der Waals surface area (Å²) < 4.78 is 13.8. The molecule has 2 nitrogen and oxygen atoms in total. The Balaban J connectivity index is 2.93. The lowest BCUT2D eigenvalue weighted by Gasteiger charge is -1.92. The molecule has 0 radical (unpaired) electrons. The Labute approximate surface area is 80.8 Å². The zero-order chi connectivity index (χ0) is 8.72. The second kappa shape index (κ2) is 2.71. The predicted molar refractivity (Wildman–Crippen MR) is 48.8 cm³/mol. The van der Waals surface area contributed by atoms with E-state index < -0.39 is 5.82 Å². The largest absolute Gasteiger partial charge is 0.270 e. The molecule has 2 rings (SSSR count). The van der Waals surface area contributed by atoms with Crippen LogP contribution in [0.3, 0.4) is 0 Å². The van der Waals surface area contributed by atoms with Crippen LogP contribution in [0.5, 0.6) is 0 Å². The van der Waals surface area contributed by atoms with E-state index in [0.717, 1.165) is 0 Å². The van der Waals surface area contributed by atoms with Crippen molar-refractivity contribution < 1.29 is 4.39 Å². The standard InChI is InChI=1S/C7H3BrClFN2/c8-7-3-1-2-4(9)5(10)6(3)11-12-7/h1-2H,(H,11,12). The maximum absolute atomic E-state index is 13.2. The average Bonchev–Trinajstić information content (AvgIpc) is 2.41. The van der Waals surface area contributed by atoms with Crippen LogP contribution in [0, 0.1) is 5.82 Å². The monoisotopic (exact) mass is 248 g/mol. The van der Waals surface area contributed by atoms with E-state index >= 15 is 0 Å². The molecular weight excluding hydrogens is 246 g/mol. The van der Waals surface area contributed by atoms with Crippen molar-refractivity contribution in [1.29, 1.82) is 0 Å². The third kappa shape index (κ3) is 1.03. The van der Waals surface area contributed by atoms with Crippen LogP contribution in [-0.4, -0.2) is 10.2 Å². The molecule has 0 saturated heterocycles. The number of hydrogen-bond donors (Lipinski definition) is 1. The van der Waals surface area contributed by atoms with Gasteiger partial charge in [-0.25, -0.2) is 4.39 Å². The van der Waals surface area contributed by atoms with E-state index in [-0.39, 0.29) is 10.5 Å². The smallest absolute Gasteiger partial charge is 0.169 e. The Bertz CT molecular complexity index is 440. The lowest BCUT2D eigenvalue weighted by molar-refractivity contribution is 0.636. The van der Waals surface area contributed by atoms with Crippen molar-refractivity contribution in [2.45, 2.75) is 0 Å². The maximum Gasteiger partial charge on any atom is 0.169 e. The van der Waals surface area contributed by atoms with E-state index in [1.54, 1.807) is 6.07 Å². The van der Waals surface area contributed by atoms with Crippen molar-refractivity contribution in [2.24, 2.45) is 0 Å². The van der Waals surface area contributed by atoms with Gasteiger partial charge >= 0.3 is 0 Å². The van der Waals surface area contributed by atoms with Gasteiger partial charge in [0.1, 0.15) is 10.1 Å². The van der Waals surface area contributed by atoms with Gasteiger partial charge < -0.3 is 0 Å². The molecule has 1 aromatic carbocycles. The molecule has 5 heteroatoms. The third-order valence-corrected chi connectivity index (χ3v) is 2.47. The molecule has 1 N–H and O–H groups in total. The molecule has 0 bridgehead atoms. The summed E-state index contributed by atoms with van der Waals surface area (Å²) in [4.78, 5) is 0. The van der Waals surface area contributed by atoms with Crippen molar-refractivity contribution in [1.82, 2.24) is 10.2 Å². The van der Waals surface area contributed by atoms with Crippen LogP contribution >= 0.6 is 27.5 Å². The highest BCUT2D eigenvalue weighted by Gasteiger charge is 2.10. The van der Waals surface area contributed by atoms with Gasteiger partial charge in [-0.15, -0.1) is 0 Å². The van der Waals surface area contributed by atoms with Crippen LogP contribution in [0.4, 0.5) is 4.39 Å². The van der Waals surface area contributed by atoms with Gasteiger partial charge in [0, 0.05) is 5.39 Å². The summed E-state index contributed by atoms with van der Waals surface area (Å²) in [7, 11) is 0. The number of H-pyrrole nitrogens is 1. The van der Waals surface area contributed by atoms with Crippen LogP contribution in [0.1, 0.15) is 0 Å². The number of aromatic nitrogens is 2. The van der Waals surface area contributed by atoms with Crippen molar-refractivity contribution in [2.75, 3.05) is 0 Å². The minimum absolute atomic E-state index is 0.0847. The van der Waals surface area contributed by atoms with Crippen LogP contribution in [0.2, 0.25) is 5.02 Å². The van der Waals surface area contributed by atoms with Crippen LogP contribution in [0.15, 0.2) is 16.7 Å². The quantitative estimate of drug-likeness (QED) is 0.763. The first-order chi connectivity index (χ1) is 5.70. The molecule has 0 unspecified atom stereocenters. The topological polar surface area (TPSA) is 28.7 Å². The van der Waals surface area contributed by atoms with Crippen LogP contribution in [0.25, 0.3) is 10.9 Å². The molecule has 0 amide bonds. The van der Waals surface area contributed by atoms with Gasteiger partial charge in [-0.05, 0) is 28.1 Å². The lowest BCUT2D eigenvalue weighted by Crippen LogP contribution is -1.78. The van der Waals surface area contributed by atoms with Crippen LogP contribution < -0.4 is 0 Å². The van der Waals surface area contributed by atoms with Crippen molar-refractivity contribution in [3.63, 3.8) is 0 Å². The molecule has 0 spiro atoms. The molecule has 0 atom stereocenters. The Kier molecular flexibility index (Phi) is 1.81. The third-order valence-electron chi connectivity index (χ3n) is 1.57. The van der Waals surface area contributed by atoms with Crippen LogP contribution in [-0.2, 0) is 0 Å². The van der Waals surface area contributed by atoms with Gasteiger partial charge in [0.15, 0.2) is 5.82 Å². The van der Waals surface area contributed by atoms with Gasteiger partial charge in [-0.3, -0.25) is 5.10 Å². The van der Waals surface area contributed by atoms with Crippen molar-refractivity contribution >= 4 is 38.4 Å². The number of aromatic amines is 1. The first kappa shape index (κ1) is 8.01. The normalized spacial score (nSPS) is 10.9. The minimum atomic E-state index is -0.490. The van der Waals surface area contributed by atoms with Gasteiger partial charge in [0.05, 0.1) is 5.02 Å². The van der Waals surface area contributed by atoms with Gasteiger partial charge in [-0.1, -0.05) is 11.6 Å². The van der Waals surface area contributed by atoms with E-state index in [1.165, 1.54) is 6.07 Å². The number of nitrogens with one attached hydrogen (secondary N) is 1. The molecule has 0 aliphatic carbocycles. The number of rotatable bonds is 0. The fourth-order valence-corrected chi connectivity index (χ4v) is 1.55. The number of halogens is 3. The molecule has 12 heavy (non-hydrogen) atoms. The van der Waals surface area contributed by atoms with Crippen molar-refractivity contribution in [3.8, 4) is 0 Å². The lowest BCUT2D eigenvalue weighted by atomic mass is 10.2. The Morgan fingerprint density at radius 1 is 1.50 bits per heavy atom. The summed E-state index contributed by atoms with van der Waals surface area (Å²) in [5, 5.41) is 7.14. The van der Waals surface area contributed by atoms with Gasteiger partial charge in [0.2, 0.25) is 0 Å². The molecular formula is C7H3BrClFN2. The first-order valence-corrected chi connectivity index (χ1v) is 4.35. The fraction of sp³-hybridized carbons (Fsp3) is 0. The zero-order valence-electron chi connectivity index (χ0n) is 5.74. The summed E-state index contributed by atoms with van der Waals surface area (Å²) in [5.74, 6) is -0.490. The van der Waals surface area contributed by atoms with Crippen molar-refractivity contribution in [3.05, 3.63) is 27.6 Å². The molecule has 62 valence electrons. The van der Waals surface area contributed by atoms with Gasteiger partial charge in [0.25, 0.3) is 0 Å². The van der Waals surface area contributed by atoms with E-state index in [2.05, 4.69) is 26.1 Å². The SMILES string of the molecule is Fc1c(Cl)ccc2c(Br)[nH]nc12. The van der Waals surface area contributed by atoms with E-state index in [1.807, 2.05) is 0 Å². The predicted octanol–water partition coefficient (Wildman–Crippen LogP) is 3.12. The number of nitrogens with zero attached hydrogens (tertiary/aromatic N) is 1. The summed E-state index contributed by atoms with van der Waals surface area (Å²) in [5.41, 5.74) is 0.259. The highest BCUT2D eigenvalue weighted by atomic mass is 79.9. The highest BCUT2D eigenvalue weighted by Crippen LogP contribution is 2.27. The van der Waals surface area contributed by atoms with E-state index in [4.69, 9.17) is 11.6 Å². The Hall–Kier alpha value is -0.610. The molecule has 0 aliphatic rings. The molecule has 0 saturated carbocycles. The molecule has 2 aromatic rings. The number of fused-ring (bicyclic) bond motifs is 1. The highest BCUT2D eigenvalue weighted by molar-refractivity contribution is 9.10. The average molecular weight is 249 g/mol. The number of hydrogen-bond acceptors (Lipinski definition) is 1. The summed E-state index contributed by atoms with van der Waals surface area (Å²) >= 11 is 8.75. The van der Waals surface area contributed by atoms with Gasteiger partial charge in [-0.2, -0.15) is 5.10 Å². The Morgan fingerprint density at radius 2 is 2.25 bits per heavy atom. The second-order valence-electron chi connectivity index (χ2n) is 2.30. The van der Waals surface area contributed by atoms with E-state index in [9.17, 15) is 4.39 Å². The molecule has 0 aliphatic heterocycles. The fourth-order valence-electron chi connectivity index (χ4n) is 0.992. The minimum Gasteiger partial charge on any atom is -0.270 e. The molecule has 1 heterocycles.